The van der Waals surface area contributed by atoms with Gasteiger partial charge in [0.1, 0.15) is 0 Å². The number of halogens is 1. The van der Waals surface area contributed by atoms with Gasteiger partial charge in [0, 0.05) is 61.3 Å². The Kier molecular flexibility index (Phi) is 4.49. The normalized spacial score (nSPS) is 15.9. The van der Waals surface area contributed by atoms with Crippen molar-refractivity contribution in [2.75, 3.05) is 36.8 Å². The second-order valence-corrected chi connectivity index (χ2v) is 5.36. The maximum Gasteiger partial charge on any atom is 0.219 e. The minimum atomic E-state index is 0.102. The van der Waals surface area contributed by atoms with E-state index >= 15 is 0 Å². The summed E-state index contributed by atoms with van der Waals surface area (Å²) in [4.78, 5) is 15.4. The second kappa shape index (κ2) is 6.13. The van der Waals surface area contributed by atoms with Crippen LogP contribution in [-0.4, -0.2) is 43.2 Å². The molecule has 0 radical (unpaired) electrons. The van der Waals surface area contributed by atoms with Crippen molar-refractivity contribution in [1.29, 1.82) is 5.41 Å². The Morgan fingerprint density at radius 2 is 2.10 bits per heavy atom. The predicted octanol–water partition coefficient (Wildman–Crippen LogP) is 1.98. The number of nitrogens with zero attached hydrogens (tertiary/aromatic N) is 2. The molecule has 1 saturated heterocycles. The van der Waals surface area contributed by atoms with Crippen LogP contribution >= 0.6 is 11.6 Å². The van der Waals surface area contributed by atoms with Crippen molar-refractivity contribution >= 4 is 35.1 Å². The van der Waals surface area contributed by atoms with Gasteiger partial charge in [0.25, 0.3) is 0 Å². The average molecular weight is 295 g/mol. The van der Waals surface area contributed by atoms with Crippen LogP contribution in [-0.2, 0) is 4.79 Å². The lowest BCUT2D eigenvalue weighted by Gasteiger charge is -2.25. The number of hydrogen-bond donors (Lipinski definition) is 2. The van der Waals surface area contributed by atoms with Crippen molar-refractivity contribution in [3.05, 3.63) is 22.7 Å². The summed E-state index contributed by atoms with van der Waals surface area (Å²) >= 11 is 6.07. The number of carbonyl (C=O) groups excluding carboxylic acids is 1. The lowest BCUT2D eigenvalue weighted by Crippen LogP contribution is -2.34. The highest BCUT2D eigenvalue weighted by Gasteiger charge is 2.19. The van der Waals surface area contributed by atoms with Gasteiger partial charge in [-0.25, -0.2) is 0 Å². The average Bonchev–Trinajstić information content (AvgIpc) is 2.63. The van der Waals surface area contributed by atoms with Crippen LogP contribution in [0.3, 0.4) is 0 Å². The molecule has 0 aromatic heterocycles. The topological polar surface area (TPSA) is 73.4 Å². The molecule has 2 rings (SSSR count). The van der Waals surface area contributed by atoms with E-state index in [0.717, 1.165) is 31.7 Å². The summed E-state index contributed by atoms with van der Waals surface area (Å²) in [6.07, 6.45) is 2.15. The standard InChI is InChI=1S/C14H19ClN4O/c1-10(20)18-3-2-4-19(6-5-18)14-8-11(15)7-13(17)12(14)9-16/h7-9,16H,2-6,17H2,1H3. The highest BCUT2D eigenvalue weighted by atomic mass is 35.5. The van der Waals surface area contributed by atoms with E-state index in [1.165, 1.54) is 6.21 Å². The molecule has 3 N–H and O–H groups in total. The summed E-state index contributed by atoms with van der Waals surface area (Å²) in [6, 6.07) is 3.49. The fourth-order valence-electron chi connectivity index (χ4n) is 2.52. The van der Waals surface area contributed by atoms with Gasteiger partial charge < -0.3 is 20.9 Å². The highest BCUT2D eigenvalue weighted by Crippen LogP contribution is 2.29. The van der Waals surface area contributed by atoms with E-state index in [1.54, 1.807) is 13.0 Å². The number of anilines is 2. The molecule has 1 aromatic carbocycles. The molecule has 1 amide bonds. The summed E-state index contributed by atoms with van der Waals surface area (Å²) < 4.78 is 0. The van der Waals surface area contributed by atoms with Gasteiger partial charge in [-0.2, -0.15) is 0 Å². The van der Waals surface area contributed by atoms with Gasteiger partial charge in [0.2, 0.25) is 5.91 Å². The second-order valence-electron chi connectivity index (χ2n) is 4.92. The molecule has 0 saturated carbocycles. The van der Waals surface area contributed by atoms with E-state index in [4.69, 9.17) is 22.7 Å². The Hall–Kier alpha value is -1.75. The first-order valence-corrected chi connectivity index (χ1v) is 7.00. The fourth-order valence-corrected chi connectivity index (χ4v) is 2.74. The molecule has 1 aliphatic rings. The summed E-state index contributed by atoms with van der Waals surface area (Å²) in [7, 11) is 0. The molecule has 5 nitrogen and oxygen atoms in total. The molecule has 6 heteroatoms. The van der Waals surface area contributed by atoms with Crippen molar-refractivity contribution in [3.63, 3.8) is 0 Å². The minimum Gasteiger partial charge on any atom is -0.398 e. The number of benzene rings is 1. The number of hydrogen-bond acceptors (Lipinski definition) is 4. The Labute approximate surface area is 123 Å². The third kappa shape index (κ3) is 3.04. The molecule has 108 valence electrons. The maximum atomic E-state index is 11.5. The van der Waals surface area contributed by atoms with Crippen molar-refractivity contribution in [2.45, 2.75) is 13.3 Å². The molecule has 0 unspecified atom stereocenters. The zero-order chi connectivity index (χ0) is 14.7. The molecule has 0 aliphatic carbocycles. The molecule has 20 heavy (non-hydrogen) atoms. The third-order valence-corrected chi connectivity index (χ3v) is 3.80. The first-order valence-electron chi connectivity index (χ1n) is 6.63. The fraction of sp³-hybridized carbons (Fsp3) is 0.429. The predicted molar refractivity (Wildman–Crippen MR) is 82.8 cm³/mol. The Bertz CT molecular complexity index is 532. The maximum absolute atomic E-state index is 11.5. The van der Waals surface area contributed by atoms with Crippen LogP contribution in [0.2, 0.25) is 5.02 Å². The lowest BCUT2D eigenvalue weighted by atomic mass is 10.1. The number of nitrogen functional groups attached to an aromatic ring is 1. The zero-order valence-electron chi connectivity index (χ0n) is 11.5. The van der Waals surface area contributed by atoms with Crippen LogP contribution in [0.25, 0.3) is 0 Å². The summed E-state index contributed by atoms with van der Waals surface area (Å²) in [5.74, 6) is 0.102. The zero-order valence-corrected chi connectivity index (χ0v) is 12.3. The van der Waals surface area contributed by atoms with Gasteiger partial charge in [-0.3, -0.25) is 4.79 Å². The first kappa shape index (κ1) is 14.7. The van der Waals surface area contributed by atoms with E-state index in [1.807, 2.05) is 11.0 Å². The first-order chi connectivity index (χ1) is 9.52. The van der Waals surface area contributed by atoms with E-state index in [-0.39, 0.29) is 5.91 Å². The quantitative estimate of drug-likeness (QED) is 0.647. The summed E-state index contributed by atoms with van der Waals surface area (Å²) in [6.45, 7) is 4.58. The monoisotopic (exact) mass is 294 g/mol. The van der Waals surface area contributed by atoms with Crippen LogP contribution < -0.4 is 10.6 Å². The minimum absolute atomic E-state index is 0.102. The largest absolute Gasteiger partial charge is 0.398 e. The lowest BCUT2D eigenvalue weighted by molar-refractivity contribution is -0.128. The molecule has 1 aliphatic heterocycles. The Morgan fingerprint density at radius 1 is 1.35 bits per heavy atom. The van der Waals surface area contributed by atoms with E-state index in [9.17, 15) is 4.79 Å². The van der Waals surface area contributed by atoms with Crippen LogP contribution in [0.5, 0.6) is 0 Å². The third-order valence-electron chi connectivity index (χ3n) is 3.58. The van der Waals surface area contributed by atoms with E-state index in [0.29, 0.717) is 22.8 Å². The van der Waals surface area contributed by atoms with Gasteiger partial charge in [-0.05, 0) is 18.6 Å². The molecule has 1 heterocycles. The number of nitrogens with one attached hydrogen (secondary N) is 1. The summed E-state index contributed by atoms with van der Waals surface area (Å²) in [5.41, 5.74) is 7.99. The molecule has 1 aromatic rings. The molecule has 0 bridgehead atoms. The van der Waals surface area contributed by atoms with Crippen LogP contribution in [0.1, 0.15) is 18.9 Å². The molecule has 0 atom stereocenters. The molecule has 0 spiro atoms. The van der Waals surface area contributed by atoms with Crippen LogP contribution in [0.4, 0.5) is 11.4 Å². The molecular weight excluding hydrogens is 276 g/mol. The smallest absolute Gasteiger partial charge is 0.219 e. The van der Waals surface area contributed by atoms with Crippen molar-refractivity contribution in [2.24, 2.45) is 0 Å². The Morgan fingerprint density at radius 3 is 2.75 bits per heavy atom. The number of nitrogens with two attached hydrogens (primary N) is 1. The number of amides is 1. The van der Waals surface area contributed by atoms with Crippen LogP contribution in [0, 0.1) is 5.41 Å². The number of rotatable bonds is 2. The van der Waals surface area contributed by atoms with Gasteiger partial charge >= 0.3 is 0 Å². The highest BCUT2D eigenvalue weighted by molar-refractivity contribution is 6.31. The molecular formula is C14H19ClN4O. The van der Waals surface area contributed by atoms with E-state index < -0.39 is 0 Å². The SMILES string of the molecule is CC(=O)N1CCCN(c2cc(Cl)cc(N)c2C=N)CC1. The Balaban J connectivity index is 2.27. The van der Waals surface area contributed by atoms with Crippen LogP contribution in [0.15, 0.2) is 12.1 Å². The van der Waals surface area contributed by atoms with Gasteiger partial charge in [-0.1, -0.05) is 11.6 Å². The van der Waals surface area contributed by atoms with Gasteiger partial charge in [0.15, 0.2) is 0 Å². The van der Waals surface area contributed by atoms with Gasteiger partial charge in [0.05, 0.1) is 0 Å². The van der Waals surface area contributed by atoms with Gasteiger partial charge in [-0.15, -0.1) is 0 Å². The van der Waals surface area contributed by atoms with Crippen molar-refractivity contribution < 1.29 is 4.79 Å². The molecule has 1 fully saturated rings. The van der Waals surface area contributed by atoms with Crippen molar-refractivity contribution in [3.8, 4) is 0 Å². The summed E-state index contributed by atoms with van der Waals surface area (Å²) in [5, 5.41) is 8.10. The van der Waals surface area contributed by atoms with E-state index in [2.05, 4.69) is 4.90 Å². The number of carbonyl (C=O) groups is 1. The van der Waals surface area contributed by atoms with Crippen molar-refractivity contribution in [1.82, 2.24) is 4.90 Å².